The lowest BCUT2D eigenvalue weighted by molar-refractivity contribution is 0.0269. The first-order valence-electron chi connectivity index (χ1n) is 7.75. The van der Waals surface area contributed by atoms with E-state index in [9.17, 15) is 14.3 Å². The Bertz CT molecular complexity index is 573. The molecule has 1 fully saturated rings. The minimum atomic E-state index is -0.726. The first-order valence-corrected chi connectivity index (χ1v) is 8.13. The zero-order valence-electron chi connectivity index (χ0n) is 13.7. The van der Waals surface area contributed by atoms with Crippen molar-refractivity contribution in [3.63, 3.8) is 0 Å². The van der Waals surface area contributed by atoms with Crippen LogP contribution in [-0.4, -0.2) is 40.9 Å². The van der Waals surface area contributed by atoms with E-state index >= 15 is 0 Å². The molecule has 1 N–H and O–H groups in total. The standard InChI is InChI=1S/C17H23ClFNO3/c1-17(2,3)23-16(22)20-7-6-11(10-20)15(21)9-12-8-13(18)4-5-14(12)19/h4-5,8,11,15,21H,6-7,9-10H2,1-3H3. The number of ether oxygens (including phenoxy) is 1. The molecule has 128 valence electrons. The lowest BCUT2D eigenvalue weighted by Gasteiger charge is -2.25. The lowest BCUT2D eigenvalue weighted by atomic mass is 9.95. The van der Waals surface area contributed by atoms with Crippen molar-refractivity contribution < 1.29 is 19.0 Å². The molecule has 1 aliphatic heterocycles. The largest absolute Gasteiger partial charge is 0.444 e. The van der Waals surface area contributed by atoms with E-state index in [1.165, 1.54) is 18.2 Å². The molecule has 0 aromatic heterocycles. The van der Waals surface area contributed by atoms with E-state index in [0.717, 1.165) is 0 Å². The van der Waals surface area contributed by atoms with Gasteiger partial charge in [0.15, 0.2) is 0 Å². The molecular formula is C17H23ClFNO3. The highest BCUT2D eigenvalue weighted by Crippen LogP contribution is 2.25. The highest BCUT2D eigenvalue weighted by atomic mass is 35.5. The minimum absolute atomic E-state index is 0.0964. The van der Waals surface area contributed by atoms with Crippen LogP contribution in [0.1, 0.15) is 32.8 Å². The third kappa shape index (κ3) is 5.08. The molecule has 1 saturated heterocycles. The van der Waals surface area contributed by atoms with Gasteiger partial charge in [0.2, 0.25) is 0 Å². The Balaban J connectivity index is 1.93. The van der Waals surface area contributed by atoms with Crippen molar-refractivity contribution in [3.05, 3.63) is 34.6 Å². The molecule has 1 aliphatic rings. The summed E-state index contributed by atoms with van der Waals surface area (Å²) in [4.78, 5) is 13.6. The Morgan fingerprint density at radius 2 is 2.22 bits per heavy atom. The maximum absolute atomic E-state index is 13.8. The molecule has 6 heteroatoms. The van der Waals surface area contributed by atoms with Gasteiger partial charge in [-0.2, -0.15) is 0 Å². The van der Waals surface area contributed by atoms with E-state index in [1.54, 1.807) is 4.90 Å². The van der Waals surface area contributed by atoms with Gasteiger partial charge in [-0.05, 0) is 51.0 Å². The second-order valence-electron chi connectivity index (χ2n) is 6.98. The number of aliphatic hydroxyl groups excluding tert-OH is 1. The molecule has 0 saturated carbocycles. The third-order valence-electron chi connectivity index (χ3n) is 3.86. The number of benzene rings is 1. The summed E-state index contributed by atoms with van der Waals surface area (Å²) in [6, 6.07) is 4.30. The van der Waals surface area contributed by atoms with Gasteiger partial charge in [-0.15, -0.1) is 0 Å². The first kappa shape index (κ1) is 18.0. The zero-order chi connectivity index (χ0) is 17.2. The fourth-order valence-corrected chi connectivity index (χ4v) is 2.88. The monoisotopic (exact) mass is 343 g/mol. The van der Waals surface area contributed by atoms with Crippen LogP contribution in [-0.2, 0) is 11.2 Å². The maximum Gasteiger partial charge on any atom is 0.410 e. The van der Waals surface area contributed by atoms with Gasteiger partial charge in [0.05, 0.1) is 6.10 Å². The van der Waals surface area contributed by atoms with E-state index in [4.69, 9.17) is 16.3 Å². The van der Waals surface area contributed by atoms with Crippen molar-refractivity contribution in [2.75, 3.05) is 13.1 Å². The summed E-state index contributed by atoms with van der Waals surface area (Å²) in [6.07, 6.45) is -0.251. The van der Waals surface area contributed by atoms with Crippen molar-refractivity contribution in [2.24, 2.45) is 5.92 Å². The minimum Gasteiger partial charge on any atom is -0.444 e. The summed E-state index contributed by atoms with van der Waals surface area (Å²) in [5.41, 5.74) is -0.154. The second kappa shape index (κ2) is 7.05. The molecule has 4 nitrogen and oxygen atoms in total. The van der Waals surface area contributed by atoms with Gasteiger partial charge < -0.3 is 14.7 Å². The van der Waals surface area contributed by atoms with Crippen LogP contribution in [0.2, 0.25) is 5.02 Å². The summed E-state index contributed by atoms with van der Waals surface area (Å²) in [5.74, 6) is -0.476. The Morgan fingerprint density at radius 3 is 2.87 bits per heavy atom. The Kier molecular flexibility index (Phi) is 5.53. The Labute approximate surface area is 141 Å². The predicted molar refractivity (Wildman–Crippen MR) is 87.0 cm³/mol. The maximum atomic E-state index is 13.8. The third-order valence-corrected chi connectivity index (χ3v) is 4.09. The van der Waals surface area contributed by atoms with Crippen LogP contribution < -0.4 is 0 Å². The van der Waals surface area contributed by atoms with Crippen LogP contribution in [0.5, 0.6) is 0 Å². The van der Waals surface area contributed by atoms with E-state index in [1.807, 2.05) is 20.8 Å². The molecule has 0 aliphatic carbocycles. The molecular weight excluding hydrogens is 321 g/mol. The number of likely N-dealkylation sites (tertiary alicyclic amines) is 1. The second-order valence-corrected chi connectivity index (χ2v) is 7.42. The summed E-state index contributed by atoms with van der Waals surface area (Å²) < 4.78 is 19.1. The molecule has 0 spiro atoms. The van der Waals surface area contributed by atoms with E-state index in [-0.39, 0.29) is 24.2 Å². The highest BCUT2D eigenvalue weighted by molar-refractivity contribution is 6.30. The van der Waals surface area contributed by atoms with Crippen molar-refractivity contribution in [1.82, 2.24) is 4.90 Å². The molecule has 1 aromatic carbocycles. The van der Waals surface area contributed by atoms with Crippen molar-refractivity contribution in [2.45, 2.75) is 45.3 Å². The topological polar surface area (TPSA) is 49.8 Å². The van der Waals surface area contributed by atoms with Gasteiger partial charge >= 0.3 is 6.09 Å². The number of hydrogen-bond acceptors (Lipinski definition) is 3. The molecule has 2 atom stereocenters. The number of rotatable bonds is 3. The first-order chi connectivity index (χ1) is 10.7. The van der Waals surface area contributed by atoms with Crippen molar-refractivity contribution in [3.8, 4) is 0 Å². The number of carbonyl (C=O) groups is 1. The number of halogens is 2. The molecule has 0 radical (unpaired) electrons. The molecule has 23 heavy (non-hydrogen) atoms. The zero-order valence-corrected chi connectivity index (χ0v) is 14.4. The van der Waals surface area contributed by atoms with Gasteiger partial charge in [-0.1, -0.05) is 11.6 Å². The molecule has 1 heterocycles. The highest BCUT2D eigenvalue weighted by Gasteiger charge is 2.33. The normalized spacial score (nSPS) is 19.7. The fraction of sp³-hybridized carbons (Fsp3) is 0.588. The number of nitrogens with zero attached hydrogens (tertiary/aromatic N) is 1. The van der Waals surface area contributed by atoms with Gasteiger partial charge in [-0.25, -0.2) is 9.18 Å². The average molecular weight is 344 g/mol. The van der Waals surface area contributed by atoms with Crippen LogP contribution in [0.3, 0.4) is 0 Å². The van der Waals surface area contributed by atoms with Crippen molar-refractivity contribution in [1.29, 1.82) is 0 Å². The van der Waals surface area contributed by atoms with Crippen LogP contribution in [0.4, 0.5) is 9.18 Å². The Hall–Kier alpha value is -1.33. The smallest absolute Gasteiger partial charge is 0.410 e. The fourth-order valence-electron chi connectivity index (χ4n) is 2.69. The van der Waals surface area contributed by atoms with Gasteiger partial charge in [0, 0.05) is 30.5 Å². The molecule has 2 unspecified atom stereocenters. The summed E-state index contributed by atoms with van der Waals surface area (Å²) in [5, 5.41) is 10.8. The predicted octanol–water partition coefficient (Wildman–Crippen LogP) is 3.64. The van der Waals surface area contributed by atoms with Crippen LogP contribution in [0.25, 0.3) is 0 Å². The number of amides is 1. The average Bonchev–Trinajstić information content (AvgIpc) is 2.91. The quantitative estimate of drug-likeness (QED) is 0.911. The SMILES string of the molecule is CC(C)(C)OC(=O)N1CCC(C(O)Cc2cc(Cl)ccc2F)C1. The molecule has 0 bridgehead atoms. The van der Waals surface area contributed by atoms with Crippen molar-refractivity contribution >= 4 is 17.7 Å². The Morgan fingerprint density at radius 1 is 1.52 bits per heavy atom. The summed E-state index contributed by atoms with van der Waals surface area (Å²) in [7, 11) is 0. The van der Waals surface area contributed by atoms with Gasteiger partial charge in [-0.3, -0.25) is 0 Å². The molecule has 1 amide bonds. The molecule has 1 aromatic rings. The van der Waals surface area contributed by atoms with Crippen LogP contribution in [0.15, 0.2) is 18.2 Å². The molecule has 2 rings (SSSR count). The van der Waals surface area contributed by atoms with Crippen LogP contribution >= 0.6 is 11.6 Å². The van der Waals surface area contributed by atoms with Gasteiger partial charge in [0.25, 0.3) is 0 Å². The van der Waals surface area contributed by atoms with E-state index in [0.29, 0.717) is 30.1 Å². The number of hydrogen-bond donors (Lipinski definition) is 1. The van der Waals surface area contributed by atoms with Crippen LogP contribution in [0, 0.1) is 11.7 Å². The summed E-state index contributed by atoms with van der Waals surface area (Å²) in [6.45, 7) is 6.40. The van der Waals surface area contributed by atoms with E-state index in [2.05, 4.69) is 0 Å². The van der Waals surface area contributed by atoms with E-state index < -0.39 is 11.7 Å². The summed E-state index contributed by atoms with van der Waals surface area (Å²) >= 11 is 5.87. The van der Waals surface area contributed by atoms with Gasteiger partial charge in [0.1, 0.15) is 11.4 Å². The lowest BCUT2D eigenvalue weighted by Crippen LogP contribution is -2.36. The number of aliphatic hydroxyl groups is 1. The number of carbonyl (C=O) groups excluding carboxylic acids is 1.